The number of nitrogens with one attached hydrogen (secondary N) is 1. The Morgan fingerprint density at radius 3 is 2.41 bits per heavy atom. The number of anilines is 1. The number of hydrogen-bond donors (Lipinski definition) is 1. The molecule has 0 aliphatic carbocycles. The van der Waals surface area contributed by atoms with E-state index in [1.54, 1.807) is 36.4 Å². The molecule has 1 N–H and O–H groups in total. The Hall–Kier alpha value is -3.23. The first-order chi connectivity index (χ1) is 17.4. The third-order valence-corrected chi connectivity index (χ3v) is 8.11. The van der Waals surface area contributed by atoms with Gasteiger partial charge in [-0.2, -0.15) is 0 Å². The molecular formula is C28H31ClN2O5S. The van der Waals surface area contributed by atoms with Crippen LogP contribution in [-0.4, -0.2) is 40.1 Å². The van der Waals surface area contributed by atoms with E-state index in [-0.39, 0.29) is 35.8 Å². The molecule has 1 heterocycles. The summed E-state index contributed by atoms with van der Waals surface area (Å²) in [5.74, 6) is 0.537. The smallest absolute Gasteiger partial charge is 0.264 e. The molecule has 0 aromatic heterocycles. The summed E-state index contributed by atoms with van der Waals surface area (Å²) in [5, 5.41) is 3.15. The molecule has 0 bridgehead atoms. The van der Waals surface area contributed by atoms with Gasteiger partial charge in [-0.05, 0) is 60.4 Å². The molecule has 196 valence electrons. The number of benzene rings is 3. The summed E-state index contributed by atoms with van der Waals surface area (Å²) in [5.41, 5.74) is 2.49. The van der Waals surface area contributed by atoms with Gasteiger partial charge in [0, 0.05) is 5.02 Å². The Labute approximate surface area is 223 Å². The van der Waals surface area contributed by atoms with E-state index in [0.717, 1.165) is 5.56 Å². The number of carbonyl (C=O) groups excluding carboxylic acids is 1. The second-order valence-electron chi connectivity index (χ2n) is 9.98. The fourth-order valence-corrected chi connectivity index (χ4v) is 5.57. The minimum atomic E-state index is -3.96. The van der Waals surface area contributed by atoms with Crippen molar-refractivity contribution in [1.29, 1.82) is 0 Å². The lowest BCUT2D eigenvalue weighted by atomic mass is 9.87. The van der Waals surface area contributed by atoms with E-state index < -0.39 is 22.0 Å². The lowest BCUT2D eigenvalue weighted by Gasteiger charge is -2.34. The van der Waals surface area contributed by atoms with Gasteiger partial charge in [0.2, 0.25) is 0 Å². The molecule has 3 aromatic rings. The number of ether oxygens (including phenoxy) is 2. The maximum absolute atomic E-state index is 13.5. The molecule has 1 atom stereocenters. The highest BCUT2D eigenvalue weighted by atomic mass is 35.5. The number of fused-ring (bicyclic) bond motifs is 1. The third-order valence-electron chi connectivity index (χ3n) is 6.08. The second-order valence-corrected chi connectivity index (χ2v) is 12.3. The van der Waals surface area contributed by atoms with E-state index in [4.69, 9.17) is 21.1 Å². The summed E-state index contributed by atoms with van der Waals surface area (Å²) >= 11 is 6.15. The Balaban J connectivity index is 1.43. The summed E-state index contributed by atoms with van der Waals surface area (Å²) in [6.07, 6.45) is -1.04. The van der Waals surface area contributed by atoms with Crippen LogP contribution in [0.25, 0.3) is 0 Å². The summed E-state index contributed by atoms with van der Waals surface area (Å²) in [6, 6.07) is 19.1. The molecule has 0 fully saturated rings. The summed E-state index contributed by atoms with van der Waals surface area (Å²) < 4.78 is 39.8. The van der Waals surface area contributed by atoms with Gasteiger partial charge in [0.1, 0.15) is 18.1 Å². The van der Waals surface area contributed by atoms with Crippen LogP contribution in [-0.2, 0) is 20.2 Å². The van der Waals surface area contributed by atoms with Gasteiger partial charge >= 0.3 is 0 Å². The number of sulfonamides is 1. The minimum absolute atomic E-state index is 0.0528. The zero-order chi connectivity index (χ0) is 26.8. The minimum Gasteiger partial charge on any atom is -0.492 e. The molecule has 1 aliphatic rings. The highest BCUT2D eigenvalue weighted by Gasteiger charge is 2.37. The predicted molar refractivity (Wildman–Crippen MR) is 145 cm³/mol. The normalized spacial score (nSPS) is 15.5. The van der Waals surface area contributed by atoms with Crippen LogP contribution in [0.15, 0.2) is 71.6 Å². The number of halogens is 1. The SMILES string of the molecule is Cc1ccc(S(=O)(=O)N2CC(C(=O)NCCOc3ccc(C(C)(C)C)cc3)Oc3ccc(Cl)cc32)cc1. The molecule has 1 amide bonds. The van der Waals surface area contributed by atoms with E-state index in [0.29, 0.717) is 16.5 Å². The molecule has 0 radical (unpaired) electrons. The third kappa shape index (κ3) is 6.19. The molecule has 3 aromatic carbocycles. The van der Waals surface area contributed by atoms with Crippen LogP contribution in [0, 0.1) is 6.92 Å². The van der Waals surface area contributed by atoms with Gasteiger partial charge in [-0.15, -0.1) is 0 Å². The molecule has 9 heteroatoms. The lowest BCUT2D eigenvalue weighted by Crippen LogP contribution is -2.51. The van der Waals surface area contributed by atoms with E-state index in [9.17, 15) is 13.2 Å². The van der Waals surface area contributed by atoms with Crippen LogP contribution in [0.5, 0.6) is 11.5 Å². The van der Waals surface area contributed by atoms with Crippen molar-refractivity contribution >= 4 is 33.2 Å². The summed E-state index contributed by atoms with van der Waals surface area (Å²) in [7, 11) is -3.96. The van der Waals surface area contributed by atoms with Crippen molar-refractivity contribution in [1.82, 2.24) is 5.32 Å². The molecule has 1 unspecified atom stereocenters. The second kappa shape index (κ2) is 10.6. The van der Waals surface area contributed by atoms with Crippen LogP contribution >= 0.6 is 11.6 Å². The molecular weight excluding hydrogens is 512 g/mol. The number of aryl methyl sites for hydroxylation is 1. The van der Waals surface area contributed by atoms with Gasteiger partial charge in [-0.3, -0.25) is 9.10 Å². The Kier molecular flexibility index (Phi) is 7.71. The monoisotopic (exact) mass is 542 g/mol. The van der Waals surface area contributed by atoms with Crippen LogP contribution in [0.4, 0.5) is 5.69 Å². The van der Waals surface area contributed by atoms with E-state index >= 15 is 0 Å². The predicted octanol–water partition coefficient (Wildman–Crippen LogP) is 5.10. The molecule has 1 aliphatic heterocycles. The Morgan fingerprint density at radius 2 is 1.76 bits per heavy atom. The van der Waals surface area contributed by atoms with Crippen molar-refractivity contribution in [2.24, 2.45) is 0 Å². The quantitative estimate of drug-likeness (QED) is 0.420. The fraction of sp³-hybridized carbons (Fsp3) is 0.321. The van der Waals surface area contributed by atoms with E-state index in [1.807, 2.05) is 31.2 Å². The summed E-state index contributed by atoms with van der Waals surface area (Å²) in [6.45, 7) is 8.61. The van der Waals surface area contributed by atoms with Crippen molar-refractivity contribution in [2.45, 2.75) is 44.1 Å². The van der Waals surface area contributed by atoms with Crippen LogP contribution < -0.4 is 19.1 Å². The lowest BCUT2D eigenvalue weighted by molar-refractivity contribution is -0.127. The van der Waals surface area contributed by atoms with Gasteiger partial charge in [-0.25, -0.2) is 8.42 Å². The molecule has 37 heavy (non-hydrogen) atoms. The zero-order valence-corrected chi connectivity index (χ0v) is 22.9. The van der Waals surface area contributed by atoms with Crippen molar-refractivity contribution in [3.8, 4) is 11.5 Å². The van der Waals surface area contributed by atoms with Crippen LogP contribution in [0.3, 0.4) is 0 Å². The maximum Gasteiger partial charge on any atom is 0.264 e. The number of hydrogen-bond acceptors (Lipinski definition) is 5. The average molecular weight is 543 g/mol. The van der Waals surface area contributed by atoms with Gasteiger partial charge in [0.05, 0.1) is 23.7 Å². The topological polar surface area (TPSA) is 84.9 Å². The van der Waals surface area contributed by atoms with Gasteiger partial charge in [0.15, 0.2) is 6.10 Å². The standard InChI is InChI=1S/C28H31ClN2O5S/c1-19-5-12-23(13-6-19)37(33,34)31-18-26(36-25-14-9-21(29)17-24(25)31)27(32)30-15-16-35-22-10-7-20(8-11-22)28(2,3)4/h5-14,17,26H,15-16,18H2,1-4H3,(H,30,32). The molecule has 7 nitrogen and oxygen atoms in total. The Bertz CT molecular complexity index is 1370. The number of rotatable bonds is 7. The highest BCUT2D eigenvalue weighted by molar-refractivity contribution is 7.92. The van der Waals surface area contributed by atoms with Crippen molar-refractivity contribution in [2.75, 3.05) is 24.0 Å². The van der Waals surface area contributed by atoms with E-state index in [2.05, 4.69) is 26.1 Å². The molecule has 0 saturated heterocycles. The first-order valence-corrected chi connectivity index (χ1v) is 13.8. The Morgan fingerprint density at radius 1 is 1.08 bits per heavy atom. The van der Waals surface area contributed by atoms with Gasteiger partial charge < -0.3 is 14.8 Å². The fourth-order valence-electron chi connectivity index (χ4n) is 3.93. The zero-order valence-electron chi connectivity index (χ0n) is 21.3. The van der Waals surface area contributed by atoms with Crippen LogP contribution in [0.1, 0.15) is 31.9 Å². The van der Waals surface area contributed by atoms with Crippen molar-refractivity contribution in [3.05, 3.63) is 82.9 Å². The van der Waals surface area contributed by atoms with Gasteiger partial charge in [-0.1, -0.05) is 62.2 Å². The first-order valence-electron chi connectivity index (χ1n) is 12.0. The van der Waals surface area contributed by atoms with Crippen LogP contribution in [0.2, 0.25) is 5.02 Å². The maximum atomic E-state index is 13.5. The van der Waals surface area contributed by atoms with Crippen molar-refractivity contribution in [3.63, 3.8) is 0 Å². The van der Waals surface area contributed by atoms with E-state index in [1.165, 1.54) is 15.9 Å². The first kappa shape index (κ1) is 26.8. The average Bonchev–Trinajstić information content (AvgIpc) is 2.85. The molecule has 0 spiro atoms. The van der Waals surface area contributed by atoms with Crippen molar-refractivity contribution < 1.29 is 22.7 Å². The molecule has 4 rings (SSSR count). The molecule has 0 saturated carbocycles. The summed E-state index contributed by atoms with van der Waals surface area (Å²) in [4.78, 5) is 13.1. The number of carbonyl (C=O) groups is 1. The largest absolute Gasteiger partial charge is 0.492 e. The highest BCUT2D eigenvalue weighted by Crippen LogP contribution is 2.39. The van der Waals surface area contributed by atoms with Gasteiger partial charge in [0.25, 0.3) is 15.9 Å². The number of amides is 1. The number of nitrogens with zero attached hydrogens (tertiary/aromatic N) is 1.